The monoisotopic (exact) mass is 368 g/mol. The Labute approximate surface area is 155 Å². The molecule has 1 amide bonds. The van der Waals surface area contributed by atoms with Gasteiger partial charge in [-0.2, -0.15) is 10.1 Å². The number of nitrogens with zero attached hydrogens (tertiary/aromatic N) is 3. The second kappa shape index (κ2) is 7.93. The highest BCUT2D eigenvalue weighted by Crippen LogP contribution is 2.22. The number of halogens is 1. The van der Waals surface area contributed by atoms with Crippen LogP contribution in [0.1, 0.15) is 19.4 Å². The number of hydrogen-bond donors (Lipinski definition) is 1. The van der Waals surface area contributed by atoms with Crippen LogP contribution in [0.4, 0.5) is 5.69 Å². The van der Waals surface area contributed by atoms with E-state index < -0.39 is 11.7 Å². The highest BCUT2D eigenvalue weighted by molar-refractivity contribution is 6.33. The Morgan fingerprint density at radius 3 is 2.50 bits per heavy atom. The normalized spacial score (nSPS) is 11.8. The molecular weight excluding hydrogens is 352 g/mol. The fourth-order valence-electron chi connectivity index (χ4n) is 2.56. The number of amides is 1. The van der Waals surface area contributed by atoms with Gasteiger partial charge in [0.15, 0.2) is 0 Å². The van der Waals surface area contributed by atoms with Crippen molar-refractivity contribution in [3.05, 3.63) is 76.3 Å². The summed E-state index contributed by atoms with van der Waals surface area (Å²) in [7, 11) is 0. The van der Waals surface area contributed by atoms with Gasteiger partial charge in [-0.1, -0.05) is 61.0 Å². The second-order valence-electron chi connectivity index (χ2n) is 5.63. The maximum absolute atomic E-state index is 12.6. The SMILES string of the molecule is CC[C@@H](C(=O)Nc1ccccc1Cl)n1ncc(-c2ccccc2)nc1=O. The molecule has 26 heavy (non-hydrogen) atoms. The number of aromatic nitrogens is 3. The molecule has 0 unspecified atom stereocenters. The lowest BCUT2D eigenvalue weighted by Gasteiger charge is -2.17. The summed E-state index contributed by atoms with van der Waals surface area (Å²) < 4.78 is 1.10. The Hall–Kier alpha value is -2.99. The molecule has 1 heterocycles. The highest BCUT2D eigenvalue weighted by Gasteiger charge is 2.22. The van der Waals surface area contributed by atoms with E-state index in [0.717, 1.165) is 10.2 Å². The van der Waals surface area contributed by atoms with Crippen LogP contribution in [0.2, 0.25) is 5.02 Å². The fraction of sp³-hybridized carbons (Fsp3) is 0.158. The van der Waals surface area contributed by atoms with Gasteiger partial charge >= 0.3 is 5.69 Å². The minimum absolute atomic E-state index is 0.371. The molecule has 1 aromatic heterocycles. The molecule has 3 rings (SSSR count). The van der Waals surface area contributed by atoms with E-state index in [4.69, 9.17) is 11.6 Å². The Balaban J connectivity index is 1.87. The number of carbonyl (C=O) groups is 1. The van der Waals surface area contributed by atoms with Crippen LogP contribution in [0.5, 0.6) is 0 Å². The van der Waals surface area contributed by atoms with E-state index in [1.165, 1.54) is 6.20 Å². The Morgan fingerprint density at radius 1 is 1.15 bits per heavy atom. The van der Waals surface area contributed by atoms with Crippen LogP contribution < -0.4 is 11.0 Å². The maximum Gasteiger partial charge on any atom is 0.365 e. The lowest BCUT2D eigenvalue weighted by molar-refractivity contribution is -0.119. The van der Waals surface area contributed by atoms with Gasteiger partial charge in [0.25, 0.3) is 0 Å². The van der Waals surface area contributed by atoms with Gasteiger partial charge in [-0.3, -0.25) is 4.79 Å². The average molecular weight is 369 g/mol. The van der Waals surface area contributed by atoms with Gasteiger partial charge in [0.2, 0.25) is 5.91 Å². The lowest BCUT2D eigenvalue weighted by atomic mass is 10.2. The van der Waals surface area contributed by atoms with Crippen molar-refractivity contribution in [2.45, 2.75) is 19.4 Å². The zero-order valence-corrected chi connectivity index (χ0v) is 14.8. The van der Waals surface area contributed by atoms with Gasteiger partial charge < -0.3 is 5.32 Å². The van der Waals surface area contributed by atoms with E-state index in [1.54, 1.807) is 31.2 Å². The van der Waals surface area contributed by atoms with Crippen molar-refractivity contribution in [1.82, 2.24) is 14.8 Å². The number of anilines is 1. The average Bonchev–Trinajstić information content (AvgIpc) is 2.66. The quantitative estimate of drug-likeness (QED) is 0.747. The van der Waals surface area contributed by atoms with Gasteiger partial charge in [0, 0.05) is 5.56 Å². The zero-order valence-electron chi connectivity index (χ0n) is 14.1. The smallest absolute Gasteiger partial charge is 0.323 e. The molecule has 0 radical (unpaired) electrons. The van der Waals surface area contributed by atoms with E-state index >= 15 is 0 Å². The van der Waals surface area contributed by atoms with Gasteiger partial charge in [-0.25, -0.2) is 9.48 Å². The number of hydrogen-bond acceptors (Lipinski definition) is 4. The molecule has 0 aliphatic carbocycles. The van der Waals surface area contributed by atoms with Crippen molar-refractivity contribution in [3.8, 4) is 11.3 Å². The van der Waals surface area contributed by atoms with Gasteiger partial charge in [0.1, 0.15) is 6.04 Å². The lowest BCUT2D eigenvalue weighted by Crippen LogP contribution is -2.36. The fourth-order valence-corrected chi connectivity index (χ4v) is 2.74. The highest BCUT2D eigenvalue weighted by atomic mass is 35.5. The number of carbonyl (C=O) groups excluding carboxylic acids is 1. The summed E-state index contributed by atoms with van der Waals surface area (Å²) in [5, 5.41) is 7.32. The van der Waals surface area contributed by atoms with Crippen molar-refractivity contribution in [2.75, 3.05) is 5.32 Å². The Bertz CT molecular complexity index is 973. The van der Waals surface area contributed by atoms with Crippen LogP contribution in [0.25, 0.3) is 11.3 Å². The van der Waals surface area contributed by atoms with E-state index in [1.807, 2.05) is 30.3 Å². The van der Waals surface area contributed by atoms with Crippen LogP contribution in [0, 0.1) is 0 Å². The molecule has 1 N–H and O–H groups in total. The predicted octanol–water partition coefficient (Wildman–Crippen LogP) is 3.55. The molecule has 0 fully saturated rings. The molecule has 6 nitrogen and oxygen atoms in total. The summed E-state index contributed by atoms with van der Waals surface area (Å²) in [6.07, 6.45) is 1.87. The number of benzene rings is 2. The first-order valence-electron chi connectivity index (χ1n) is 8.17. The van der Waals surface area contributed by atoms with Crippen LogP contribution in [0.15, 0.2) is 65.6 Å². The molecule has 3 aromatic rings. The van der Waals surface area contributed by atoms with Crippen molar-refractivity contribution in [2.24, 2.45) is 0 Å². The summed E-state index contributed by atoms with van der Waals surface area (Å²) in [5.41, 5.74) is 1.16. The summed E-state index contributed by atoms with van der Waals surface area (Å²) >= 11 is 6.07. The number of para-hydroxylation sites is 1. The molecule has 0 aliphatic heterocycles. The zero-order chi connectivity index (χ0) is 18.5. The molecule has 2 aromatic carbocycles. The van der Waals surface area contributed by atoms with E-state index in [-0.39, 0.29) is 5.91 Å². The largest absolute Gasteiger partial charge is 0.365 e. The molecule has 1 atom stereocenters. The first-order valence-corrected chi connectivity index (χ1v) is 8.54. The Morgan fingerprint density at radius 2 is 1.85 bits per heavy atom. The van der Waals surface area contributed by atoms with Gasteiger partial charge in [-0.05, 0) is 18.6 Å². The summed E-state index contributed by atoms with van der Waals surface area (Å²) in [6, 6.07) is 15.4. The third-order valence-electron chi connectivity index (χ3n) is 3.90. The number of rotatable bonds is 5. The van der Waals surface area contributed by atoms with Crippen LogP contribution in [0.3, 0.4) is 0 Å². The molecule has 0 saturated carbocycles. The molecule has 0 bridgehead atoms. The molecule has 7 heteroatoms. The maximum atomic E-state index is 12.6. The molecule has 0 saturated heterocycles. The number of nitrogens with one attached hydrogen (secondary N) is 1. The van der Waals surface area contributed by atoms with Crippen LogP contribution >= 0.6 is 11.6 Å². The Kier molecular flexibility index (Phi) is 5.43. The van der Waals surface area contributed by atoms with Gasteiger partial charge in [0.05, 0.1) is 22.6 Å². The van der Waals surface area contributed by atoms with Crippen molar-refractivity contribution in [3.63, 3.8) is 0 Å². The topological polar surface area (TPSA) is 76.9 Å². The van der Waals surface area contributed by atoms with E-state index in [9.17, 15) is 9.59 Å². The minimum Gasteiger partial charge on any atom is -0.323 e. The van der Waals surface area contributed by atoms with Crippen LogP contribution in [-0.4, -0.2) is 20.7 Å². The van der Waals surface area contributed by atoms with E-state index in [0.29, 0.717) is 22.8 Å². The first-order chi connectivity index (χ1) is 12.6. The third kappa shape index (κ3) is 3.81. The first kappa shape index (κ1) is 17.8. The van der Waals surface area contributed by atoms with Gasteiger partial charge in [-0.15, -0.1) is 0 Å². The summed E-state index contributed by atoms with van der Waals surface area (Å²) in [5.74, 6) is -0.371. The molecular formula is C19H17ClN4O2. The summed E-state index contributed by atoms with van der Waals surface area (Å²) in [4.78, 5) is 29.1. The van der Waals surface area contributed by atoms with Crippen molar-refractivity contribution >= 4 is 23.2 Å². The van der Waals surface area contributed by atoms with Crippen LogP contribution in [-0.2, 0) is 4.79 Å². The second-order valence-corrected chi connectivity index (χ2v) is 6.04. The van der Waals surface area contributed by atoms with Crippen molar-refractivity contribution < 1.29 is 4.79 Å². The minimum atomic E-state index is -0.781. The third-order valence-corrected chi connectivity index (χ3v) is 4.23. The predicted molar refractivity (Wildman–Crippen MR) is 101 cm³/mol. The molecule has 132 valence electrons. The standard InChI is InChI=1S/C19H17ClN4O2/c1-2-17(18(25)22-15-11-7-6-10-14(15)20)24-19(26)23-16(12-21-24)13-8-4-3-5-9-13/h3-12,17H,2H2,1H3,(H,22,25)/t17-/m0/s1. The molecule has 0 aliphatic rings. The van der Waals surface area contributed by atoms with Crippen molar-refractivity contribution in [1.29, 1.82) is 0 Å². The van der Waals surface area contributed by atoms with E-state index in [2.05, 4.69) is 15.4 Å². The summed E-state index contributed by atoms with van der Waals surface area (Å²) in [6.45, 7) is 1.80. The molecule has 0 spiro atoms.